The molecule has 5 heteroatoms. The minimum atomic E-state index is 0.198. The Labute approximate surface area is 160 Å². The molecule has 0 aliphatic carbocycles. The largest absolute Gasteiger partial charge is 0.358 e. The molecule has 0 radical (unpaired) electrons. The second-order valence-corrected chi connectivity index (χ2v) is 8.21. The van der Waals surface area contributed by atoms with E-state index in [1.165, 1.54) is 16.5 Å². The van der Waals surface area contributed by atoms with Crippen LogP contribution in [0.1, 0.15) is 48.1 Å². The van der Waals surface area contributed by atoms with Crippen molar-refractivity contribution in [1.82, 2.24) is 14.8 Å². The SMILES string of the molecule is Cc1cc(C)c2[nH]c(C)c(CC(=O)N3CCC(N4CCCC4=O)CC3)c2c1. The monoisotopic (exact) mass is 367 g/mol. The normalized spacial score (nSPS) is 18.7. The summed E-state index contributed by atoms with van der Waals surface area (Å²) in [6.07, 6.45) is 3.93. The minimum Gasteiger partial charge on any atom is -0.358 e. The average molecular weight is 367 g/mol. The van der Waals surface area contributed by atoms with Crippen molar-refractivity contribution in [2.45, 2.75) is 58.9 Å². The van der Waals surface area contributed by atoms with Gasteiger partial charge in [-0.3, -0.25) is 9.59 Å². The van der Waals surface area contributed by atoms with Gasteiger partial charge in [0.2, 0.25) is 11.8 Å². The van der Waals surface area contributed by atoms with Gasteiger partial charge in [-0.25, -0.2) is 0 Å². The Morgan fingerprint density at radius 3 is 2.56 bits per heavy atom. The minimum absolute atomic E-state index is 0.198. The van der Waals surface area contributed by atoms with Crippen LogP contribution in [0.2, 0.25) is 0 Å². The van der Waals surface area contributed by atoms with Crippen LogP contribution in [-0.2, 0) is 16.0 Å². The number of aromatic amines is 1. The van der Waals surface area contributed by atoms with Gasteiger partial charge in [-0.05, 0) is 57.2 Å². The fourth-order valence-corrected chi connectivity index (χ4v) is 4.81. The zero-order chi connectivity index (χ0) is 19.1. The van der Waals surface area contributed by atoms with E-state index in [0.29, 0.717) is 24.8 Å². The van der Waals surface area contributed by atoms with Gasteiger partial charge in [0, 0.05) is 48.7 Å². The Hall–Kier alpha value is -2.30. The summed E-state index contributed by atoms with van der Waals surface area (Å²) in [6.45, 7) is 8.68. The van der Waals surface area contributed by atoms with Crippen LogP contribution in [0.25, 0.3) is 10.9 Å². The van der Waals surface area contributed by atoms with Gasteiger partial charge in [0.05, 0.1) is 6.42 Å². The number of benzene rings is 1. The van der Waals surface area contributed by atoms with Gasteiger partial charge in [-0.15, -0.1) is 0 Å². The first-order valence-corrected chi connectivity index (χ1v) is 10.1. The lowest BCUT2D eigenvalue weighted by Gasteiger charge is -2.36. The maximum absolute atomic E-state index is 13.0. The molecule has 3 heterocycles. The molecule has 144 valence electrons. The summed E-state index contributed by atoms with van der Waals surface area (Å²) in [7, 11) is 0. The number of amides is 2. The van der Waals surface area contributed by atoms with Crippen molar-refractivity contribution in [2.24, 2.45) is 0 Å². The molecule has 2 aliphatic rings. The van der Waals surface area contributed by atoms with E-state index >= 15 is 0 Å². The van der Waals surface area contributed by atoms with E-state index in [-0.39, 0.29) is 5.91 Å². The number of nitrogens with zero attached hydrogens (tertiary/aromatic N) is 2. The summed E-state index contributed by atoms with van der Waals surface area (Å²) in [5.41, 5.74) is 5.81. The fourth-order valence-electron chi connectivity index (χ4n) is 4.81. The van der Waals surface area contributed by atoms with Gasteiger partial charge < -0.3 is 14.8 Å². The summed E-state index contributed by atoms with van der Waals surface area (Å²) in [6, 6.07) is 4.68. The van der Waals surface area contributed by atoms with E-state index < -0.39 is 0 Å². The summed E-state index contributed by atoms with van der Waals surface area (Å²) in [5, 5.41) is 1.18. The topological polar surface area (TPSA) is 56.4 Å². The lowest BCUT2D eigenvalue weighted by atomic mass is 10.0. The number of aryl methyl sites for hydroxylation is 3. The van der Waals surface area contributed by atoms with E-state index in [4.69, 9.17) is 0 Å². The van der Waals surface area contributed by atoms with Crippen LogP contribution in [0, 0.1) is 20.8 Å². The van der Waals surface area contributed by atoms with Crippen LogP contribution in [0.15, 0.2) is 12.1 Å². The molecule has 1 N–H and O–H groups in total. The van der Waals surface area contributed by atoms with E-state index in [9.17, 15) is 9.59 Å². The highest BCUT2D eigenvalue weighted by atomic mass is 16.2. The molecule has 1 aromatic heterocycles. The molecular weight excluding hydrogens is 338 g/mol. The van der Waals surface area contributed by atoms with Crippen molar-refractivity contribution >= 4 is 22.7 Å². The summed E-state index contributed by atoms with van der Waals surface area (Å²) in [5.74, 6) is 0.490. The van der Waals surface area contributed by atoms with Gasteiger partial charge in [-0.2, -0.15) is 0 Å². The Kier molecular flexibility index (Phi) is 4.70. The highest BCUT2D eigenvalue weighted by molar-refractivity contribution is 5.92. The van der Waals surface area contributed by atoms with Crippen molar-refractivity contribution < 1.29 is 9.59 Å². The number of hydrogen-bond acceptors (Lipinski definition) is 2. The Balaban J connectivity index is 1.45. The van der Waals surface area contributed by atoms with Crippen molar-refractivity contribution in [2.75, 3.05) is 19.6 Å². The number of likely N-dealkylation sites (tertiary alicyclic amines) is 2. The molecule has 4 rings (SSSR count). The van der Waals surface area contributed by atoms with Crippen LogP contribution in [-0.4, -0.2) is 52.3 Å². The van der Waals surface area contributed by atoms with Crippen LogP contribution >= 0.6 is 0 Å². The molecule has 2 aliphatic heterocycles. The number of hydrogen-bond donors (Lipinski definition) is 1. The first-order chi connectivity index (χ1) is 12.9. The van der Waals surface area contributed by atoms with Crippen molar-refractivity contribution in [1.29, 1.82) is 0 Å². The number of rotatable bonds is 3. The van der Waals surface area contributed by atoms with Crippen molar-refractivity contribution in [3.8, 4) is 0 Å². The third-order valence-electron chi connectivity index (χ3n) is 6.27. The maximum Gasteiger partial charge on any atom is 0.227 e. The smallest absolute Gasteiger partial charge is 0.227 e. The molecule has 27 heavy (non-hydrogen) atoms. The van der Waals surface area contributed by atoms with Crippen molar-refractivity contribution in [3.05, 3.63) is 34.5 Å². The lowest BCUT2D eigenvalue weighted by molar-refractivity contribution is -0.134. The number of carbonyl (C=O) groups excluding carboxylic acids is 2. The molecular formula is C22H29N3O2. The number of fused-ring (bicyclic) bond motifs is 1. The summed E-state index contributed by atoms with van der Waals surface area (Å²) >= 11 is 0. The number of carbonyl (C=O) groups is 2. The average Bonchev–Trinajstić information content (AvgIpc) is 3.20. The van der Waals surface area contributed by atoms with Crippen LogP contribution in [0.5, 0.6) is 0 Å². The summed E-state index contributed by atoms with van der Waals surface area (Å²) in [4.78, 5) is 32.4. The van der Waals surface area contributed by atoms with E-state index in [0.717, 1.165) is 55.7 Å². The fraction of sp³-hybridized carbons (Fsp3) is 0.545. The molecule has 0 saturated carbocycles. The Bertz CT molecular complexity index is 891. The third-order valence-corrected chi connectivity index (χ3v) is 6.27. The van der Waals surface area contributed by atoms with Gasteiger partial charge in [0.1, 0.15) is 0 Å². The van der Waals surface area contributed by atoms with Gasteiger partial charge in [-0.1, -0.05) is 11.6 Å². The Morgan fingerprint density at radius 2 is 1.89 bits per heavy atom. The molecule has 0 atom stereocenters. The lowest BCUT2D eigenvalue weighted by Crippen LogP contribution is -2.47. The summed E-state index contributed by atoms with van der Waals surface area (Å²) < 4.78 is 0. The first-order valence-electron chi connectivity index (χ1n) is 10.1. The van der Waals surface area contributed by atoms with Gasteiger partial charge >= 0.3 is 0 Å². The first kappa shape index (κ1) is 18.1. The second kappa shape index (κ2) is 7.02. The maximum atomic E-state index is 13.0. The highest BCUT2D eigenvalue weighted by Crippen LogP contribution is 2.28. The number of piperidine rings is 1. The number of H-pyrrole nitrogens is 1. The zero-order valence-corrected chi connectivity index (χ0v) is 16.6. The van der Waals surface area contributed by atoms with Gasteiger partial charge in [0.25, 0.3) is 0 Å². The molecule has 2 fully saturated rings. The van der Waals surface area contributed by atoms with E-state index in [1.54, 1.807) is 0 Å². The highest BCUT2D eigenvalue weighted by Gasteiger charge is 2.32. The molecule has 5 nitrogen and oxygen atoms in total. The van der Waals surface area contributed by atoms with E-state index in [2.05, 4.69) is 37.9 Å². The molecule has 2 aromatic rings. The molecule has 1 aromatic carbocycles. The second-order valence-electron chi connectivity index (χ2n) is 8.21. The van der Waals surface area contributed by atoms with Crippen LogP contribution in [0.4, 0.5) is 0 Å². The molecule has 0 bridgehead atoms. The van der Waals surface area contributed by atoms with Crippen LogP contribution < -0.4 is 0 Å². The number of nitrogens with one attached hydrogen (secondary N) is 1. The van der Waals surface area contributed by atoms with Crippen molar-refractivity contribution in [3.63, 3.8) is 0 Å². The van der Waals surface area contributed by atoms with E-state index in [1.807, 2.05) is 9.80 Å². The molecule has 0 spiro atoms. The van der Waals surface area contributed by atoms with Crippen LogP contribution in [0.3, 0.4) is 0 Å². The predicted octanol–water partition coefficient (Wildman–Crippen LogP) is 3.25. The molecule has 2 amide bonds. The number of aromatic nitrogens is 1. The zero-order valence-electron chi connectivity index (χ0n) is 16.6. The standard InChI is InChI=1S/C22H29N3O2/c1-14-11-15(2)22-19(12-14)18(16(3)23-22)13-21(27)24-9-6-17(7-10-24)25-8-4-5-20(25)26/h11-12,17,23H,4-10,13H2,1-3H3. The quantitative estimate of drug-likeness (QED) is 0.905. The Morgan fingerprint density at radius 1 is 1.15 bits per heavy atom. The molecule has 2 saturated heterocycles. The predicted molar refractivity (Wildman–Crippen MR) is 107 cm³/mol. The third kappa shape index (κ3) is 3.35. The van der Waals surface area contributed by atoms with Gasteiger partial charge in [0.15, 0.2) is 0 Å². The molecule has 0 unspecified atom stereocenters.